The molecule has 2 rings (SSSR count). The fraction of sp³-hybridized carbons (Fsp3) is 0.250. The third-order valence-electron chi connectivity index (χ3n) is 2.22. The molecule has 76 valence electrons. The fourth-order valence-corrected chi connectivity index (χ4v) is 1.30. The van der Waals surface area contributed by atoms with Crippen molar-refractivity contribution in [3.8, 4) is 11.3 Å². The first-order valence-electron chi connectivity index (χ1n) is 4.99. The van der Waals surface area contributed by atoms with E-state index in [1.54, 1.807) is 18.6 Å². The molecule has 0 atom stereocenters. The quantitative estimate of drug-likeness (QED) is 0.746. The molecule has 2 aromatic rings. The van der Waals surface area contributed by atoms with Crippen molar-refractivity contribution in [2.45, 2.75) is 19.8 Å². The third-order valence-corrected chi connectivity index (χ3v) is 2.22. The molecule has 0 spiro atoms. The summed E-state index contributed by atoms with van der Waals surface area (Å²) in [6, 6.07) is 3.87. The zero-order valence-electron chi connectivity index (χ0n) is 8.88. The third kappa shape index (κ3) is 2.18. The summed E-state index contributed by atoms with van der Waals surface area (Å²) in [6.45, 7) is 4.21. The molecule has 0 fully saturated rings. The maximum Gasteiger partial charge on any atom is 0.0900 e. The summed E-state index contributed by atoms with van der Waals surface area (Å²) in [5.41, 5.74) is 2.88. The van der Waals surface area contributed by atoms with Gasteiger partial charge in [-0.25, -0.2) is 0 Å². The fourth-order valence-electron chi connectivity index (χ4n) is 1.30. The second kappa shape index (κ2) is 4.17. The van der Waals surface area contributed by atoms with Crippen LogP contribution in [0.5, 0.6) is 0 Å². The van der Waals surface area contributed by atoms with Gasteiger partial charge in [-0.1, -0.05) is 13.8 Å². The average molecular weight is 199 g/mol. The van der Waals surface area contributed by atoms with E-state index >= 15 is 0 Å². The Kier molecular flexibility index (Phi) is 2.72. The molecule has 0 aliphatic carbocycles. The monoisotopic (exact) mass is 199 g/mol. The topological polar surface area (TPSA) is 38.7 Å². The predicted octanol–water partition coefficient (Wildman–Crippen LogP) is 2.66. The lowest BCUT2D eigenvalue weighted by Gasteiger charge is -2.04. The van der Waals surface area contributed by atoms with E-state index in [9.17, 15) is 0 Å². The number of nitrogens with zero attached hydrogens (tertiary/aromatic N) is 3. The van der Waals surface area contributed by atoms with Gasteiger partial charge >= 0.3 is 0 Å². The van der Waals surface area contributed by atoms with Crippen LogP contribution in [0.15, 0.2) is 36.9 Å². The molecule has 0 saturated heterocycles. The zero-order chi connectivity index (χ0) is 10.7. The molecule has 0 aliphatic heterocycles. The van der Waals surface area contributed by atoms with Gasteiger partial charge in [-0.05, 0) is 18.1 Å². The van der Waals surface area contributed by atoms with Gasteiger partial charge in [-0.2, -0.15) is 0 Å². The largest absolute Gasteiger partial charge is 0.264 e. The van der Waals surface area contributed by atoms with E-state index in [1.807, 2.05) is 18.3 Å². The van der Waals surface area contributed by atoms with Gasteiger partial charge in [-0.3, -0.25) is 15.0 Å². The first-order chi connectivity index (χ1) is 7.27. The highest BCUT2D eigenvalue weighted by Gasteiger charge is 2.03. The highest BCUT2D eigenvalue weighted by atomic mass is 14.8. The number of hydrogen-bond acceptors (Lipinski definition) is 3. The summed E-state index contributed by atoms with van der Waals surface area (Å²) in [7, 11) is 0. The lowest BCUT2D eigenvalue weighted by molar-refractivity contribution is 0.813. The first-order valence-corrected chi connectivity index (χ1v) is 4.99. The second-order valence-corrected chi connectivity index (χ2v) is 3.72. The van der Waals surface area contributed by atoms with Crippen LogP contribution in [0.3, 0.4) is 0 Å². The predicted molar refractivity (Wildman–Crippen MR) is 59.4 cm³/mol. The molecule has 3 nitrogen and oxygen atoms in total. The van der Waals surface area contributed by atoms with E-state index in [0.717, 1.165) is 17.0 Å². The molecule has 0 unspecified atom stereocenters. The molecule has 0 radical (unpaired) electrons. The maximum absolute atomic E-state index is 4.37. The van der Waals surface area contributed by atoms with Crippen molar-refractivity contribution in [1.82, 2.24) is 15.0 Å². The number of pyridine rings is 1. The average Bonchev–Trinajstić information content (AvgIpc) is 2.30. The van der Waals surface area contributed by atoms with E-state index < -0.39 is 0 Å². The molecular formula is C12H13N3. The minimum absolute atomic E-state index is 0.417. The van der Waals surface area contributed by atoms with E-state index in [1.165, 1.54) is 0 Å². The zero-order valence-corrected chi connectivity index (χ0v) is 8.88. The van der Waals surface area contributed by atoms with E-state index in [-0.39, 0.29) is 0 Å². The summed E-state index contributed by atoms with van der Waals surface area (Å²) >= 11 is 0. The van der Waals surface area contributed by atoms with Gasteiger partial charge in [-0.15, -0.1) is 0 Å². The molecule has 0 saturated carbocycles. The van der Waals surface area contributed by atoms with Crippen molar-refractivity contribution in [1.29, 1.82) is 0 Å². The summed E-state index contributed by atoms with van der Waals surface area (Å²) in [6.07, 6.45) is 7.16. The molecule has 0 amide bonds. The molecular weight excluding hydrogens is 186 g/mol. The normalized spacial score (nSPS) is 10.6. The molecule has 2 aromatic heterocycles. The van der Waals surface area contributed by atoms with Crippen LogP contribution in [-0.4, -0.2) is 15.0 Å². The number of hydrogen-bond donors (Lipinski definition) is 0. The van der Waals surface area contributed by atoms with Crippen LogP contribution < -0.4 is 0 Å². The molecule has 0 aromatic carbocycles. The summed E-state index contributed by atoms with van der Waals surface area (Å²) < 4.78 is 0. The van der Waals surface area contributed by atoms with Gasteiger partial charge in [0.2, 0.25) is 0 Å². The van der Waals surface area contributed by atoms with Crippen molar-refractivity contribution in [3.63, 3.8) is 0 Å². The van der Waals surface area contributed by atoms with Gasteiger partial charge in [0.05, 0.1) is 17.6 Å². The van der Waals surface area contributed by atoms with Crippen molar-refractivity contribution in [2.24, 2.45) is 0 Å². The van der Waals surface area contributed by atoms with Crippen molar-refractivity contribution in [2.75, 3.05) is 0 Å². The Labute approximate surface area is 89.2 Å². The van der Waals surface area contributed by atoms with Gasteiger partial charge < -0.3 is 0 Å². The molecule has 0 aliphatic rings. The lowest BCUT2D eigenvalue weighted by Crippen LogP contribution is -1.94. The molecule has 0 N–H and O–H groups in total. The Morgan fingerprint density at radius 2 is 1.93 bits per heavy atom. The van der Waals surface area contributed by atoms with E-state index in [2.05, 4.69) is 28.8 Å². The Hall–Kier alpha value is -1.77. The van der Waals surface area contributed by atoms with Gasteiger partial charge in [0.25, 0.3) is 0 Å². The van der Waals surface area contributed by atoms with Gasteiger partial charge in [0.15, 0.2) is 0 Å². The smallest absolute Gasteiger partial charge is 0.0900 e. The van der Waals surface area contributed by atoms with Crippen LogP contribution >= 0.6 is 0 Å². The van der Waals surface area contributed by atoms with Crippen LogP contribution in [0.25, 0.3) is 11.3 Å². The van der Waals surface area contributed by atoms with Crippen molar-refractivity contribution < 1.29 is 0 Å². The number of rotatable bonds is 2. The first kappa shape index (κ1) is 9.77. The Morgan fingerprint density at radius 3 is 2.47 bits per heavy atom. The van der Waals surface area contributed by atoms with Gasteiger partial charge in [0, 0.05) is 24.2 Å². The van der Waals surface area contributed by atoms with Crippen molar-refractivity contribution in [3.05, 3.63) is 42.6 Å². The van der Waals surface area contributed by atoms with Crippen LogP contribution in [0.4, 0.5) is 0 Å². The standard InChI is InChI=1S/C12H13N3/c1-9(2)11-7-15-12(8-14-11)10-4-3-5-13-6-10/h3-9H,1-2H3. The van der Waals surface area contributed by atoms with Crippen molar-refractivity contribution >= 4 is 0 Å². The summed E-state index contributed by atoms with van der Waals surface area (Å²) in [4.78, 5) is 12.8. The van der Waals surface area contributed by atoms with Crippen LogP contribution in [0, 0.1) is 0 Å². The maximum atomic E-state index is 4.37. The highest BCUT2D eigenvalue weighted by molar-refractivity contribution is 5.56. The van der Waals surface area contributed by atoms with Crippen LogP contribution in [0.1, 0.15) is 25.5 Å². The minimum atomic E-state index is 0.417. The Morgan fingerprint density at radius 1 is 1.07 bits per heavy atom. The highest BCUT2D eigenvalue weighted by Crippen LogP contribution is 2.16. The molecule has 2 heterocycles. The number of aromatic nitrogens is 3. The van der Waals surface area contributed by atoms with Gasteiger partial charge in [0.1, 0.15) is 0 Å². The minimum Gasteiger partial charge on any atom is -0.264 e. The van der Waals surface area contributed by atoms with E-state index in [4.69, 9.17) is 0 Å². The SMILES string of the molecule is CC(C)c1cnc(-c2cccnc2)cn1. The summed E-state index contributed by atoms with van der Waals surface area (Å²) in [5, 5.41) is 0. The summed E-state index contributed by atoms with van der Waals surface area (Å²) in [5.74, 6) is 0.417. The lowest BCUT2D eigenvalue weighted by atomic mass is 10.1. The second-order valence-electron chi connectivity index (χ2n) is 3.72. The molecule has 3 heteroatoms. The molecule has 15 heavy (non-hydrogen) atoms. The van der Waals surface area contributed by atoms with E-state index in [0.29, 0.717) is 5.92 Å². The Bertz CT molecular complexity index is 420. The van der Waals surface area contributed by atoms with Crippen LogP contribution in [0.2, 0.25) is 0 Å². The Balaban J connectivity index is 2.32. The van der Waals surface area contributed by atoms with Crippen LogP contribution in [-0.2, 0) is 0 Å². The molecule has 0 bridgehead atoms.